The van der Waals surface area contributed by atoms with Gasteiger partial charge in [0.15, 0.2) is 0 Å². The number of piperidine rings is 1. The topological polar surface area (TPSA) is 91.2 Å². The number of aromatic nitrogens is 1. The standard InChI is InChI=1S/C27H34N4O2/c1-18-22(21-11-7-8-12-23(21)29-18)17-24(30-26(33)27(2,3)28)25(32)31-15-13-20(14-16-31)19-9-5-4-6-10-19/h4-12,20,24,29H,13-17,28H2,1-3H3,(H,30,33). The Bertz CT molecular complexity index is 1120. The summed E-state index contributed by atoms with van der Waals surface area (Å²) in [5.74, 6) is 0.100. The molecule has 4 N–H and O–H groups in total. The summed E-state index contributed by atoms with van der Waals surface area (Å²) in [6, 6.07) is 17.9. The summed E-state index contributed by atoms with van der Waals surface area (Å²) in [4.78, 5) is 31.7. The van der Waals surface area contributed by atoms with Crippen LogP contribution in [0.4, 0.5) is 0 Å². The molecule has 3 aromatic rings. The third kappa shape index (κ3) is 5.11. The van der Waals surface area contributed by atoms with Crippen molar-refractivity contribution in [3.05, 3.63) is 71.4 Å². The van der Waals surface area contributed by atoms with E-state index in [0.717, 1.165) is 35.0 Å². The summed E-state index contributed by atoms with van der Waals surface area (Å²) in [7, 11) is 0. The molecular formula is C27H34N4O2. The van der Waals surface area contributed by atoms with Gasteiger partial charge in [-0.3, -0.25) is 9.59 Å². The SMILES string of the molecule is Cc1[nH]c2ccccc2c1CC(NC(=O)C(C)(C)N)C(=O)N1CCC(c2ccccc2)CC1. The molecule has 1 fully saturated rings. The first kappa shape index (κ1) is 23.1. The molecule has 6 heteroatoms. The van der Waals surface area contributed by atoms with E-state index in [1.807, 2.05) is 36.1 Å². The number of hydrogen-bond acceptors (Lipinski definition) is 3. The molecule has 2 heterocycles. The Kier molecular flexibility index (Phi) is 6.56. The van der Waals surface area contributed by atoms with Crippen LogP contribution in [0, 0.1) is 6.92 Å². The molecule has 1 aliphatic rings. The fourth-order valence-corrected chi connectivity index (χ4v) is 4.73. The smallest absolute Gasteiger partial charge is 0.245 e. The van der Waals surface area contributed by atoms with Crippen molar-refractivity contribution >= 4 is 22.7 Å². The zero-order valence-corrected chi connectivity index (χ0v) is 19.7. The van der Waals surface area contributed by atoms with Crippen molar-refractivity contribution in [3.8, 4) is 0 Å². The number of benzene rings is 2. The van der Waals surface area contributed by atoms with Gasteiger partial charge in [-0.05, 0) is 56.7 Å². The monoisotopic (exact) mass is 446 g/mol. The van der Waals surface area contributed by atoms with Gasteiger partial charge < -0.3 is 20.9 Å². The first-order valence-electron chi connectivity index (χ1n) is 11.7. The third-order valence-electron chi connectivity index (χ3n) is 6.70. The minimum atomic E-state index is -1.06. The normalized spacial score (nSPS) is 16.1. The third-order valence-corrected chi connectivity index (χ3v) is 6.70. The van der Waals surface area contributed by atoms with E-state index in [1.165, 1.54) is 5.56 Å². The molecule has 1 aromatic heterocycles. The van der Waals surface area contributed by atoms with Crippen LogP contribution in [-0.4, -0.2) is 46.4 Å². The highest BCUT2D eigenvalue weighted by atomic mass is 16.2. The average Bonchev–Trinajstić information content (AvgIpc) is 3.13. The van der Waals surface area contributed by atoms with Gasteiger partial charge in [-0.1, -0.05) is 48.5 Å². The molecule has 1 saturated heterocycles. The molecule has 2 aromatic carbocycles. The Labute approximate surface area is 195 Å². The molecule has 0 spiro atoms. The number of para-hydroxylation sites is 1. The van der Waals surface area contributed by atoms with E-state index in [-0.39, 0.29) is 11.8 Å². The second kappa shape index (κ2) is 9.40. The van der Waals surface area contributed by atoms with E-state index in [0.29, 0.717) is 25.4 Å². The molecule has 0 aliphatic carbocycles. The van der Waals surface area contributed by atoms with Crippen molar-refractivity contribution in [3.63, 3.8) is 0 Å². The van der Waals surface area contributed by atoms with Gasteiger partial charge in [0.2, 0.25) is 11.8 Å². The van der Waals surface area contributed by atoms with E-state index in [9.17, 15) is 9.59 Å². The van der Waals surface area contributed by atoms with Gasteiger partial charge in [0.05, 0.1) is 5.54 Å². The molecule has 4 rings (SSSR count). The zero-order chi connectivity index (χ0) is 23.6. The molecule has 6 nitrogen and oxygen atoms in total. The first-order chi connectivity index (χ1) is 15.7. The Morgan fingerprint density at radius 3 is 2.39 bits per heavy atom. The Balaban J connectivity index is 1.54. The number of amides is 2. The fourth-order valence-electron chi connectivity index (χ4n) is 4.73. The van der Waals surface area contributed by atoms with Crippen LogP contribution in [0.25, 0.3) is 10.9 Å². The lowest BCUT2D eigenvalue weighted by Crippen LogP contribution is -2.57. The summed E-state index contributed by atoms with van der Waals surface area (Å²) in [5.41, 5.74) is 9.40. The quantitative estimate of drug-likeness (QED) is 0.540. The molecule has 2 amide bonds. The van der Waals surface area contributed by atoms with Crippen molar-refractivity contribution in [1.82, 2.24) is 15.2 Å². The number of likely N-dealkylation sites (tertiary alicyclic amines) is 1. The summed E-state index contributed by atoms with van der Waals surface area (Å²) < 4.78 is 0. The lowest BCUT2D eigenvalue weighted by molar-refractivity contribution is -0.138. The summed E-state index contributed by atoms with van der Waals surface area (Å²) in [5, 5.41) is 4.04. The Morgan fingerprint density at radius 1 is 1.09 bits per heavy atom. The van der Waals surface area contributed by atoms with Crippen LogP contribution < -0.4 is 11.1 Å². The number of nitrogens with two attached hydrogens (primary N) is 1. The van der Waals surface area contributed by atoms with Gasteiger partial charge in [-0.15, -0.1) is 0 Å². The number of nitrogens with one attached hydrogen (secondary N) is 2. The van der Waals surface area contributed by atoms with Gasteiger partial charge in [0, 0.05) is 36.1 Å². The van der Waals surface area contributed by atoms with E-state index in [2.05, 4.69) is 40.6 Å². The van der Waals surface area contributed by atoms with Crippen LogP contribution in [-0.2, 0) is 16.0 Å². The number of rotatable bonds is 6. The Morgan fingerprint density at radius 2 is 1.73 bits per heavy atom. The van der Waals surface area contributed by atoms with E-state index >= 15 is 0 Å². The van der Waals surface area contributed by atoms with Gasteiger partial charge in [-0.2, -0.15) is 0 Å². The van der Waals surface area contributed by atoms with Crippen molar-refractivity contribution in [2.45, 2.75) is 57.5 Å². The highest BCUT2D eigenvalue weighted by Crippen LogP contribution is 2.29. The van der Waals surface area contributed by atoms with E-state index < -0.39 is 11.6 Å². The first-order valence-corrected chi connectivity index (χ1v) is 11.7. The molecule has 1 unspecified atom stereocenters. The number of hydrogen-bond donors (Lipinski definition) is 3. The van der Waals surface area contributed by atoms with Crippen molar-refractivity contribution in [1.29, 1.82) is 0 Å². The Hall–Kier alpha value is -3.12. The van der Waals surface area contributed by atoms with Gasteiger partial charge in [0.25, 0.3) is 0 Å². The molecule has 174 valence electrons. The lowest BCUT2D eigenvalue weighted by Gasteiger charge is -2.35. The van der Waals surface area contributed by atoms with Gasteiger partial charge in [-0.25, -0.2) is 0 Å². The van der Waals surface area contributed by atoms with Crippen LogP contribution in [0.3, 0.4) is 0 Å². The summed E-state index contributed by atoms with van der Waals surface area (Å²) in [6.45, 7) is 6.70. The largest absolute Gasteiger partial charge is 0.358 e. The predicted molar refractivity (Wildman–Crippen MR) is 132 cm³/mol. The fraction of sp³-hybridized carbons (Fsp3) is 0.407. The van der Waals surface area contributed by atoms with Crippen LogP contribution in [0.2, 0.25) is 0 Å². The minimum absolute atomic E-state index is 0.0382. The molecule has 0 saturated carbocycles. The maximum absolute atomic E-state index is 13.6. The number of carbonyl (C=O) groups excluding carboxylic acids is 2. The molecular weight excluding hydrogens is 412 g/mol. The van der Waals surface area contributed by atoms with Crippen molar-refractivity contribution < 1.29 is 9.59 Å². The number of carbonyl (C=O) groups is 2. The van der Waals surface area contributed by atoms with Crippen LogP contribution in [0.1, 0.15) is 49.4 Å². The molecule has 1 aliphatic heterocycles. The van der Waals surface area contributed by atoms with E-state index in [4.69, 9.17) is 5.73 Å². The van der Waals surface area contributed by atoms with Crippen molar-refractivity contribution in [2.24, 2.45) is 5.73 Å². The maximum atomic E-state index is 13.6. The average molecular weight is 447 g/mol. The van der Waals surface area contributed by atoms with Crippen molar-refractivity contribution in [2.75, 3.05) is 13.1 Å². The number of nitrogens with zero attached hydrogens (tertiary/aromatic N) is 1. The van der Waals surface area contributed by atoms with Crippen LogP contribution >= 0.6 is 0 Å². The molecule has 0 bridgehead atoms. The number of aromatic amines is 1. The zero-order valence-electron chi connectivity index (χ0n) is 19.7. The number of aryl methyl sites for hydroxylation is 1. The summed E-state index contributed by atoms with van der Waals surface area (Å²) >= 11 is 0. The lowest BCUT2D eigenvalue weighted by atomic mass is 9.89. The second-order valence-electron chi connectivity index (χ2n) is 9.74. The van der Waals surface area contributed by atoms with Crippen LogP contribution in [0.15, 0.2) is 54.6 Å². The number of H-pyrrole nitrogens is 1. The summed E-state index contributed by atoms with van der Waals surface area (Å²) in [6.07, 6.45) is 2.27. The highest BCUT2D eigenvalue weighted by molar-refractivity contribution is 5.92. The minimum Gasteiger partial charge on any atom is -0.358 e. The molecule has 33 heavy (non-hydrogen) atoms. The van der Waals surface area contributed by atoms with Gasteiger partial charge in [0.1, 0.15) is 6.04 Å². The molecule has 0 radical (unpaired) electrons. The highest BCUT2D eigenvalue weighted by Gasteiger charge is 2.33. The predicted octanol–water partition coefficient (Wildman–Crippen LogP) is 3.65. The van der Waals surface area contributed by atoms with Gasteiger partial charge >= 0.3 is 0 Å². The second-order valence-corrected chi connectivity index (χ2v) is 9.74. The number of fused-ring (bicyclic) bond motifs is 1. The van der Waals surface area contributed by atoms with Crippen LogP contribution in [0.5, 0.6) is 0 Å². The molecule has 1 atom stereocenters. The van der Waals surface area contributed by atoms with E-state index in [1.54, 1.807) is 13.8 Å². The maximum Gasteiger partial charge on any atom is 0.245 e.